The Kier molecular flexibility index (Phi) is 5.66. The smallest absolute Gasteiger partial charge is 0.253 e. The van der Waals surface area contributed by atoms with Crippen molar-refractivity contribution < 1.29 is 14.7 Å². The summed E-state index contributed by atoms with van der Waals surface area (Å²) >= 11 is 0. The molecule has 1 saturated carbocycles. The molecule has 1 aromatic carbocycles. The third-order valence-electron chi connectivity index (χ3n) is 5.22. The summed E-state index contributed by atoms with van der Waals surface area (Å²) in [5.41, 5.74) is 1.06. The zero-order valence-electron chi connectivity index (χ0n) is 15.9. The highest BCUT2D eigenvalue weighted by molar-refractivity contribution is 5.94. The van der Waals surface area contributed by atoms with Crippen LogP contribution in [0, 0.1) is 5.92 Å². The molecule has 5 heteroatoms. The van der Waals surface area contributed by atoms with E-state index in [1.165, 1.54) is 0 Å². The number of carbonyl (C=O) groups excluding carboxylic acids is 2. The van der Waals surface area contributed by atoms with Gasteiger partial charge in [-0.25, -0.2) is 0 Å². The molecule has 1 aliphatic carbocycles. The molecule has 142 valence electrons. The summed E-state index contributed by atoms with van der Waals surface area (Å²) in [4.78, 5) is 29.0. The van der Waals surface area contributed by atoms with Crippen molar-refractivity contribution in [1.82, 2.24) is 9.80 Å². The van der Waals surface area contributed by atoms with Crippen LogP contribution in [0.1, 0.15) is 55.5 Å². The molecular formula is C21H30N2O3. The van der Waals surface area contributed by atoms with Gasteiger partial charge in [-0.15, -0.1) is 0 Å². The van der Waals surface area contributed by atoms with Gasteiger partial charge in [0.05, 0.1) is 5.60 Å². The van der Waals surface area contributed by atoms with E-state index < -0.39 is 5.60 Å². The van der Waals surface area contributed by atoms with Crippen molar-refractivity contribution in [3.8, 4) is 0 Å². The molecule has 1 N–H and O–H groups in total. The van der Waals surface area contributed by atoms with Crippen molar-refractivity contribution in [2.75, 3.05) is 26.2 Å². The van der Waals surface area contributed by atoms with E-state index in [1.54, 1.807) is 13.8 Å². The van der Waals surface area contributed by atoms with Crippen molar-refractivity contribution in [2.45, 2.75) is 51.6 Å². The summed E-state index contributed by atoms with van der Waals surface area (Å²) in [6, 6.07) is 7.70. The van der Waals surface area contributed by atoms with Crippen LogP contribution >= 0.6 is 0 Å². The minimum Gasteiger partial charge on any atom is -0.390 e. The molecule has 2 aliphatic rings. The topological polar surface area (TPSA) is 60.9 Å². The molecule has 3 rings (SSSR count). The largest absolute Gasteiger partial charge is 0.390 e. The van der Waals surface area contributed by atoms with E-state index in [0.29, 0.717) is 31.6 Å². The van der Waals surface area contributed by atoms with Gasteiger partial charge < -0.3 is 14.9 Å². The first-order valence-electron chi connectivity index (χ1n) is 9.73. The third kappa shape index (κ3) is 5.07. The Labute approximate surface area is 156 Å². The normalized spacial score (nSPS) is 18.6. The third-order valence-corrected chi connectivity index (χ3v) is 5.22. The van der Waals surface area contributed by atoms with E-state index in [9.17, 15) is 14.7 Å². The van der Waals surface area contributed by atoms with Crippen LogP contribution in [-0.4, -0.2) is 58.5 Å². The Hall–Kier alpha value is -1.88. The molecule has 0 bridgehead atoms. The van der Waals surface area contributed by atoms with Gasteiger partial charge in [0, 0.05) is 37.7 Å². The Morgan fingerprint density at radius 1 is 1.12 bits per heavy atom. The van der Waals surface area contributed by atoms with Gasteiger partial charge in [-0.3, -0.25) is 9.59 Å². The van der Waals surface area contributed by atoms with E-state index in [4.69, 9.17) is 0 Å². The summed E-state index contributed by atoms with van der Waals surface area (Å²) in [6.07, 6.45) is 4.29. The van der Waals surface area contributed by atoms with Crippen molar-refractivity contribution in [3.63, 3.8) is 0 Å². The maximum Gasteiger partial charge on any atom is 0.253 e. The number of hydrogen-bond acceptors (Lipinski definition) is 3. The molecule has 1 aromatic rings. The molecule has 1 heterocycles. The van der Waals surface area contributed by atoms with Crippen LogP contribution in [0.2, 0.25) is 0 Å². The predicted molar refractivity (Wildman–Crippen MR) is 101 cm³/mol. The predicted octanol–water partition coefficient (Wildman–Crippen LogP) is 2.47. The van der Waals surface area contributed by atoms with Gasteiger partial charge in [-0.2, -0.15) is 0 Å². The lowest BCUT2D eigenvalue weighted by Gasteiger charge is -2.22. The fraction of sp³-hybridized carbons (Fsp3) is 0.619. The fourth-order valence-corrected chi connectivity index (χ4v) is 3.42. The number of carbonyl (C=O) groups is 2. The van der Waals surface area contributed by atoms with Gasteiger partial charge in [0.25, 0.3) is 5.91 Å². The quantitative estimate of drug-likeness (QED) is 0.880. The van der Waals surface area contributed by atoms with Crippen LogP contribution < -0.4 is 0 Å². The van der Waals surface area contributed by atoms with E-state index in [-0.39, 0.29) is 17.7 Å². The Bertz CT molecular complexity index is 661. The highest BCUT2D eigenvalue weighted by Crippen LogP contribution is 2.31. The molecule has 26 heavy (non-hydrogen) atoms. The van der Waals surface area contributed by atoms with Crippen molar-refractivity contribution in [2.24, 2.45) is 5.92 Å². The minimum atomic E-state index is -0.706. The number of amides is 2. The average Bonchev–Trinajstić information content (AvgIpc) is 3.45. The van der Waals surface area contributed by atoms with E-state index in [0.717, 1.165) is 37.8 Å². The SMILES string of the molecule is CC(C)(O)CCc1cccc(C(=O)N2CCCN(C(=O)C3CC3)CC2)c1. The molecule has 2 amide bonds. The molecule has 1 saturated heterocycles. The molecule has 0 unspecified atom stereocenters. The monoisotopic (exact) mass is 358 g/mol. The van der Waals surface area contributed by atoms with Gasteiger partial charge in [0.2, 0.25) is 5.91 Å². The zero-order chi connectivity index (χ0) is 18.7. The number of aryl methyl sites for hydroxylation is 1. The van der Waals surface area contributed by atoms with Crippen LogP contribution in [0.4, 0.5) is 0 Å². The number of aliphatic hydroxyl groups is 1. The number of hydrogen-bond donors (Lipinski definition) is 1. The average molecular weight is 358 g/mol. The first-order valence-corrected chi connectivity index (χ1v) is 9.73. The summed E-state index contributed by atoms with van der Waals surface area (Å²) in [5.74, 6) is 0.549. The van der Waals surface area contributed by atoms with Crippen LogP contribution in [-0.2, 0) is 11.2 Å². The van der Waals surface area contributed by atoms with Gasteiger partial charge >= 0.3 is 0 Å². The summed E-state index contributed by atoms with van der Waals surface area (Å²) in [7, 11) is 0. The first-order chi connectivity index (χ1) is 12.3. The second-order valence-corrected chi connectivity index (χ2v) is 8.26. The van der Waals surface area contributed by atoms with Crippen molar-refractivity contribution in [3.05, 3.63) is 35.4 Å². The first kappa shape index (κ1) is 18.9. The van der Waals surface area contributed by atoms with Gasteiger partial charge in [0.1, 0.15) is 0 Å². The second-order valence-electron chi connectivity index (χ2n) is 8.26. The summed E-state index contributed by atoms with van der Waals surface area (Å²) in [6.45, 7) is 6.29. The zero-order valence-corrected chi connectivity index (χ0v) is 15.9. The lowest BCUT2D eigenvalue weighted by Crippen LogP contribution is -2.38. The number of nitrogens with zero attached hydrogens (tertiary/aromatic N) is 2. The van der Waals surface area contributed by atoms with Gasteiger partial charge in [-0.05, 0) is 63.6 Å². The van der Waals surface area contributed by atoms with Crippen LogP contribution in [0.25, 0.3) is 0 Å². The van der Waals surface area contributed by atoms with E-state index in [2.05, 4.69) is 0 Å². The van der Waals surface area contributed by atoms with Crippen LogP contribution in [0.15, 0.2) is 24.3 Å². The molecule has 0 radical (unpaired) electrons. The lowest BCUT2D eigenvalue weighted by atomic mass is 9.97. The molecule has 0 aromatic heterocycles. The Morgan fingerprint density at radius 3 is 2.50 bits per heavy atom. The molecule has 1 aliphatic heterocycles. The van der Waals surface area contributed by atoms with Gasteiger partial charge in [0.15, 0.2) is 0 Å². The molecular weight excluding hydrogens is 328 g/mol. The van der Waals surface area contributed by atoms with E-state index >= 15 is 0 Å². The minimum absolute atomic E-state index is 0.0378. The molecule has 2 fully saturated rings. The maximum atomic E-state index is 12.9. The number of benzene rings is 1. The number of rotatable bonds is 5. The standard InChI is InChI=1S/C21H30N2O3/c1-21(2,26)10-9-16-5-3-6-18(15-16)20(25)23-12-4-11-22(13-14-23)19(24)17-7-8-17/h3,5-6,15,17,26H,4,7-14H2,1-2H3. The Morgan fingerprint density at radius 2 is 1.81 bits per heavy atom. The molecule has 0 atom stereocenters. The highest BCUT2D eigenvalue weighted by Gasteiger charge is 2.34. The fourth-order valence-electron chi connectivity index (χ4n) is 3.42. The highest BCUT2D eigenvalue weighted by atomic mass is 16.3. The Balaban J connectivity index is 1.60. The molecule has 5 nitrogen and oxygen atoms in total. The van der Waals surface area contributed by atoms with Crippen molar-refractivity contribution in [1.29, 1.82) is 0 Å². The van der Waals surface area contributed by atoms with Crippen LogP contribution in [0.5, 0.6) is 0 Å². The maximum absolute atomic E-state index is 12.9. The van der Waals surface area contributed by atoms with Crippen LogP contribution in [0.3, 0.4) is 0 Å². The van der Waals surface area contributed by atoms with Crippen molar-refractivity contribution >= 4 is 11.8 Å². The van der Waals surface area contributed by atoms with Gasteiger partial charge in [-0.1, -0.05) is 12.1 Å². The lowest BCUT2D eigenvalue weighted by molar-refractivity contribution is -0.132. The summed E-state index contributed by atoms with van der Waals surface area (Å²) < 4.78 is 0. The second kappa shape index (κ2) is 7.78. The summed E-state index contributed by atoms with van der Waals surface area (Å²) in [5, 5.41) is 9.90. The molecule has 0 spiro atoms. The van der Waals surface area contributed by atoms with E-state index in [1.807, 2.05) is 34.1 Å².